The molecule has 0 radical (unpaired) electrons. The maximum absolute atomic E-state index is 13.3. The Hall–Kier alpha value is -2.64. The minimum absolute atomic E-state index is 0.0163. The Kier molecular flexibility index (Phi) is 5.62. The first-order valence-corrected chi connectivity index (χ1v) is 8.85. The molecule has 2 N–H and O–H groups in total. The number of nitrogens with one attached hydrogen (secondary N) is 2. The van der Waals surface area contributed by atoms with Gasteiger partial charge in [0.2, 0.25) is 5.91 Å². The maximum atomic E-state index is 13.3. The minimum Gasteiger partial charge on any atom is -0.383 e. The summed E-state index contributed by atoms with van der Waals surface area (Å²) in [5.41, 5.74) is 0.500. The third kappa shape index (κ3) is 4.75. The van der Waals surface area contributed by atoms with Gasteiger partial charge >= 0.3 is 6.18 Å². The summed E-state index contributed by atoms with van der Waals surface area (Å²) in [5.74, 6) is -0.623. The number of aryl methyl sites for hydroxylation is 2. The Labute approximate surface area is 155 Å². The van der Waals surface area contributed by atoms with Gasteiger partial charge in [-0.3, -0.25) is 4.79 Å². The molecule has 0 aliphatic heterocycles. The van der Waals surface area contributed by atoms with Gasteiger partial charge in [-0.15, -0.1) is 0 Å². The van der Waals surface area contributed by atoms with Gasteiger partial charge < -0.3 is 10.6 Å². The van der Waals surface area contributed by atoms with Crippen LogP contribution in [0.1, 0.15) is 29.2 Å². The average molecular weight is 378 g/mol. The summed E-state index contributed by atoms with van der Waals surface area (Å²) in [7, 11) is 0. The van der Waals surface area contributed by atoms with Gasteiger partial charge in [-0.1, -0.05) is 18.2 Å². The van der Waals surface area contributed by atoms with Crippen LogP contribution in [0.4, 0.5) is 18.9 Å². The molecule has 1 aromatic heterocycles. The molecule has 1 aromatic carbocycles. The molecule has 144 valence electrons. The monoisotopic (exact) mass is 378 g/mol. The molecule has 0 bridgehead atoms. The number of benzene rings is 1. The summed E-state index contributed by atoms with van der Waals surface area (Å²) in [6, 6.07) is 9.56. The highest BCUT2D eigenvalue weighted by Crippen LogP contribution is 2.35. The molecule has 1 unspecified atom stereocenters. The van der Waals surface area contributed by atoms with Crippen LogP contribution in [0.25, 0.3) is 0 Å². The summed E-state index contributed by atoms with van der Waals surface area (Å²) in [6.45, 7) is 2.39. The molecule has 0 saturated carbocycles. The van der Waals surface area contributed by atoms with Crippen molar-refractivity contribution in [3.05, 3.63) is 53.1 Å². The molecule has 1 heterocycles. The van der Waals surface area contributed by atoms with E-state index in [0.717, 1.165) is 5.69 Å². The third-order valence-electron chi connectivity index (χ3n) is 4.55. The highest BCUT2D eigenvalue weighted by Gasteiger charge is 2.39. The number of hydrogen-bond donors (Lipinski definition) is 2. The Bertz CT molecular complexity index is 809. The van der Waals surface area contributed by atoms with Crippen LogP contribution in [0.5, 0.6) is 0 Å². The Morgan fingerprint density at radius 3 is 2.63 bits per heavy atom. The van der Waals surface area contributed by atoms with Crippen LogP contribution in [0.3, 0.4) is 0 Å². The normalized spacial score (nSPS) is 16.5. The first kappa shape index (κ1) is 19.1. The number of alkyl halides is 3. The lowest BCUT2D eigenvalue weighted by Crippen LogP contribution is -2.37. The lowest BCUT2D eigenvalue weighted by molar-refractivity contribution is -0.142. The molecule has 1 amide bonds. The number of hydrogen-bond acceptors (Lipinski definition) is 4. The number of anilines is 1. The first-order chi connectivity index (χ1) is 12.8. The molecule has 0 spiro atoms. The van der Waals surface area contributed by atoms with Gasteiger partial charge in [-0.2, -0.15) is 13.2 Å². The fourth-order valence-corrected chi connectivity index (χ4v) is 3.29. The SMILES string of the molecule is Cc1nc2c(c(C(F)(F)F)n1)CC(C(=O)NCCNc1ccccc1)CC2. The van der Waals surface area contributed by atoms with E-state index in [1.54, 1.807) is 0 Å². The second kappa shape index (κ2) is 7.94. The van der Waals surface area contributed by atoms with Gasteiger partial charge in [0.05, 0.1) is 0 Å². The molecule has 0 saturated heterocycles. The van der Waals surface area contributed by atoms with Crippen LogP contribution in [-0.2, 0) is 23.8 Å². The van der Waals surface area contributed by atoms with Gasteiger partial charge in [0, 0.05) is 36.0 Å². The fraction of sp³-hybridized carbons (Fsp3) is 0.421. The number of para-hydroxylation sites is 1. The van der Waals surface area contributed by atoms with E-state index in [-0.39, 0.29) is 23.7 Å². The molecule has 0 fully saturated rings. The number of aromatic nitrogens is 2. The van der Waals surface area contributed by atoms with Crippen LogP contribution in [-0.4, -0.2) is 29.0 Å². The molecule has 1 atom stereocenters. The number of carbonyl (C=O) groups excluding carboxylic acids is 1. The zero-order valence-electron chi connectivity index (χ0n) is 14.9. The fourth-order valence-electron chi connectivity index (χ4n) is 3.29. The van der Waals surface area contributed by atoms with Crippen molar-refractivity contribution in [2.45, 2.75) is 32.4 Å². The van der Waals surface area contributed by atoms with Crippen LogP contribution in [0, 0.1) is 12.8 Å². The van der Waals surface area contributed by atoms with Gasteiger partial charge in [-0.25, -0.2) is 9.97 Å². The molecular formula is C19H21F3N4O. The van der Waals surface area contributed by atoms with Crippen LogP contribution >= 0.6 is 0 Å². The second-order valence-corrected chi connectivity index (χ2v) is 6.57. The van der Waals surface area contributed by atoms with Crippen molar-refractivity contribution < 1.29 is 18.0 Å². The van der Waals surface area contributed by atoms with Crippen molar-refractivity contribution in [2.75, 3.05) is 18.4 Å². The zero-order valence-corrected chi connectivity index (χ0v) is 14.9. The highest BCUT2D eigenvalue weighted by atomic mass is 19.4. The Morgan fingerprint density at radius 1 is 1.19 bits per heavy atom. The third-order valence-corrected chi connectivity index (χ3v) is 4.55. The van der Waals surface area contributed by atoms with E-state index < -0.39 is 17.8 Å². The minimum atomic E-state index is -4.55. The van der Waals surface area contributed by atoms with Crippen molar-refractivity contribution in [1.29, 1.82) is 0 Å². The van der Waals surface area contributed by atoms with Gasteiger partial charge in [0.1, 0.15) is 5.82 Å². The van der Waals surface area contributed by atoms with E-state index in [1.165, 1.54) is 6.92 Å². The maximum Gasteiger partial charge on any atom is 0.433 e. The number of halogens is 3. The molecular weight excluding hydrogens is 357 g/mol. The van der Waals surface area contributed by atoms with Gasteiger partial charge in [0.15, 0.2) is 5.69 Å². The van der Waals surface area contributed by atoms with Crippen LogP contribution in [0.15, 0.2) is 30.3 Å². The molecule has 1 aliphatic carbocycles. The van der Waals surface area contributed by atoms with Gasteiger partial charge in [0.25, 0.3) is 0 Å². The topological polar surface area (TPSA) is 66.9 Å². The molecule has 2 aromatic rings. The summed E-state index contributed by atoms with van der Waals surface area (Å²) < 4.78 is 39.9. The zero-order chi connectivity index (χ0) is 19.4. The van der Waals surface area contributed by atoms with E-state index in [9.17, 15) is 18.0 Å². The molecule has 8 heteroatoms. The van der Waals surface area contributed by atoms with E-state index in [0.29, 0.717) is 31.6 Å². The average Bonchev–Trinajstić information content (AvgIpc) is 2.64. The van der Waals surface area contributed by atoms with E-state index >= 15 is 0 Å². The summed E-state index contributed by atoms with van der Waals surface area (Å²) in [6.07, 6.45) is -3.70. The smallest absolute Gasteiger partial charge is 0.383 e. The molecule has 3 rings (SSSR count). The van der Waals surface area contributed by atoms with Crippen molar-refractivity contribution >= 4 is 11.6 Å². The standard InChI is InChI=1S/C19H21F3N4O/c1-12-25-16-8-7-13(11-15(16)17(26-12)19(20,21)22)18(27)24-10-9-23-14-5-3-2-4-6-14/h2-6,13,23H,7-11H2,1H3,(H,24,27). The van der Waals surface area contributed by atoms with Gasteiger partial charge in [-0.05, 0) is 38.3 Å². The van der Waals surface area contributed by atoms with Crippen LogP contribution in [0.2, 0.25) is 0 Å². The lowest BCUT2D eigenvalue weighted by atomic mass is 9.85. The number of fused-ring (bicyclic) bond motifs is 1. The molecule has 27 heavy (non-hydrogen) atoms. The molecule has 1 aliphatic rings. The predicted octanol–water partition coefficient (Wildman–Crippen LogP) is 3.14. The number of rotatable bonds is 5. The second-order valence-electron chi connectivity index (χ2n) is 6.57. The van der Waals surface area contributed by atoms with E-state index in [4.69, 9.17) is 0 Å². The van der Waals surface area contributed by atoms with Crippen molar-refractivity contribution in [2.24, 2.45) is 5.92 Å². The van der Waals surface area contributed by atoms with Crippen molar-refractivity contribution in [3.63, 3.8) is 0 Å². The van der Waals surface area contributed by atoms with Crippen molar-refractivity contribution in [3.8, 4) is 0 Å². The van der Waals surface area contributed by atoms with Crippen LogP contribution < -0.4 is 10.6 Å². The Balaban J connectivity index is 1.59. The largest absolute Gasteiger partial charge is 0.433 e. The lowest BCUT2D eigenvalue weighted by Gasteiger charge is -2.25. The number of carbonyl (C=O) groups is 1. The highest BCUT2D eigenvalue weighted by molar-refractivity contribution is 5.79. The number of nitrogens with zero attached hydrogens (tertiary/aromatic N) is 2. The molecule has 5 nitrogen and oxygen atoms in total. The summed E-state index contributed by atoms with van der Waals surface area (Å²) >= 11 is 0. The predicted molar refractivity (Wildman–Crippen MR) is 95.2 cm³/mol. The first-order valence-electron chi connectivity index (χ1n) is 8.85. The summed E-state index contributed by atoms with van der Waals surface area (Å²) in [4.78, 5) is 20.1. The summed E-state index contributed by atoms with van der Waals surface area (Å²) in [5, 5.41) is 5.97. The van der Waals surface area contributed by atoms with E-state index in [1.807, 2.05) is 30.3 Å². The quantitative estimate of drug-likeness (QED) is 0.785. The Morgan fingerprint density at radius 2 is 1.93 bits per heavy atom. The number of amides is 1. The van der Waals surface area contributed by atoms with Crippen molar-refractivity contribution in [1.82, 2.24) is 15.3 Å². The van der Waals surface area contributed by atoms with E-state index in [2.05, 4.69) is 20.6 Å².